The Labute approximate surface area is 90.0 Å². The second kappa shape index (κ2) is 3.92. The van der Waals surface area contributed by atoms with Gasteiger partial charge >= 0.3 is 0 Å². The van der Waals surface area contributed by atoms with Crippen LogP contribution in [0.5, 0.6) is 0 Å². The predicted octanol–water partition coefficient (Wildman–Crippen LogP) is 0.913. The smallest absolute Gasteiger partial charge is 0.248 e. The van der Waals surface area contributed by atoms with Crippen molar-refractivity contribution in [1.29, 1.82) is 0 Å². The summed E-state index contributed by atoms with van der Waals surface area (Å²) in [6, 6.07) is 4.79. The Balaban J connectivity index is 2.41. The van der Waals surface area contributed by atoms with Crippen molar-refractivity contribution >= 4 is 11.3 Å². The summed E-state index contributed by atoms with van der Waals surface area (Å²) in [5.74, 6) is 0. The van der Waals surface area contributed by atoms with Crippen molar-refractivity contribution in [1.82, 2.24) is 15.2 Å². The molecular formula is C9H10N4OS. The Morgan fingerprint density at radius 2 is 2.27 bits per heavy atom. The molecule has 0 saturated carbocycles. The van der Waals surface area contributed by atoms with Crippen molar-refractivity contribution in [2.45, 2.75) is 13.0 Å². The fourth-order valence-corrected chi connectivity index (χ4v) is 1.88. The average Bonchev–Trinajstić information content (AvgIpc) is 2.66. The molecule has 0 fully saturated rings. The first kappa shape index (κ1) is 10.0. The number of aromatic nitrogens is 3. The zero-order valence-corrected chi connectivity index (χ0v) is 8.91. The molecule has 2 heterocycles. The molecule has 15 heavy (non-hydrogen) atoms. The van der Waals surface area contributed by atoms with E-state index >= 15 is 0 Å². The number of rotatable bonds is 2. The summed E-state index contributed by atoms with van der Waals surface area (Å²) in [7, 11) is 0. The maximum atomic E-state index is 11.1. The molecule has 0 amide bonds. The Bertz CT molecular complexity index is 517. The van der Waals surface area contributed by atoms with Crippen molar-refractivity contribution < 1.29 is 0 Å². The van der Waals surface area contributed by atoms with Crippen molar-refractivity contribution in [3.05, 3.63) is 33.6 Å². The van der Waals surface area contributed by atoms with Gasteiger partial charge in [0.05, 0.1) is 11.7 Å². The molecule has 0 aliphatic carbocycles. The normalized spacial score (nSPS) is 12.7. The molecule has 3 N–H and O–H groups in total. The quantitative estimate of drug-likeness (QED) is 0.791. The van der Waals surface area contributed by atoms with Crippen molar-refractivity contribution in [2.75, 3.05) is 0 Å². The fraction of sp³-hybridized carbons (Fsp3) is 0.222. The molecule has 1 atom stereocenters. The summed E-state index contributed by atoms with van der Waals surface area (Å²) in [6.07, 6.45) is 0. The summed E-state index contributed by atoms with van der Waals surface area (Å²) in [4.78, 5) is 13.8. The fourth-order valence-electron chi connectivity index (χ4n) is 1.10. The van der Waals surface area contributed by atoms with Crippen LogP contribution in [-0.2, 0) is 0 Å². The third kappa shape index (κ3) is 2.11. The van der Waals surface area contributed by atoms with Crippen molar-refractivity contribution in [3.8, 4) is 10.7 Å². The lowest BCUT2D eigenvalue weighted by atomic mass is 10.4. The number of nitrogens with one attached hydrogen (secondary N) is 1. The highest BCUT2D eigenvalue weighted by Gasteiger charge is 2.09. The van der Waals surface area contributed by atoms with Gasteiger partial charge in [-0.15, -0.1) is 10.2 Å². The second-order valence-electron chi connectivity index (χ2n) is 3.16. The number of hydrogen-bond donors (Lipinski definition) is 2. The molecule has 0 bridgehead atoms. The highest BCUT2D eigenvalue weighted by atomic mass is 32.1. The maximum Gasteiger partial charge on any atom is 0.248 e. The monoisotopic (exact) mass is 222 g/mol. The van der Waals surface area contributed by atoms with Gasteiger partial charge in [-0.2, -0.15) is 0 Å². The van der Waals surface area contributed by atoms with Gasteiger partial charge in [0.25, 0.3) is 0 Å². The Kier molecular flexibility index (Phi) is 2.61. The van der Waals surface area contributed by atoms with Gasteiger partial charge in [-0.1, -0.05) is 17.4 Å². The highest BCUT2D eigenvalue weighted by Crippen LogP contribution is 2.23. The van der Waals surface area contributed by atoms with Crippen LogP contribution in [0.2, 0.25) is 0 Å². The third-order valence-electron chi connectivity index (χ3n) is 1.83. The first-order chi connectivity index (χ1) is 7.16. The minimum Gasteiger partial charge on any atom is -0.322 e. The minimum absolute atomic E-state index is 0.133. The van der Waals surface area contributed by atoms with E-state index in [1.54, 1.807) is 12.1 Å². The van der Waals surface area contributed by atoms with Crippen molar-refractivity contribution in [2.24, 2.45) is 5.73 Å². The largest absolute Gasteiger partial charge is 0.322 e. The summed E-state index contributed by atoms with van der Waals surface area (Å²) in [6.45, 7) is 1.85. The molecule has 2 rings (SSSR count). The van der Waals surface area contributed by atoms with E-state index in [1.165, 1.54) is 17.4 Å². The Morgan fingerprint density at radius 1 is 1.47 bits per heavy atom. The zero-order valence-electron chi connectivity index (χ0n) is 8.10. The Hall–Kier alpha value is -1.53. The van der Waals surface area contributed by atoms with E-state index in [2.05, 4.69) is 15.2 Å². The van der Waals surface area contributed by atoms with E-state index in [-0.39, 0.29) is 11.6 Å². The topological polar surface area (TPSA) is 84.7 Å². The van der Waals surface area contributed by atoms with Crippen LogP contribution in [0.3, 0.4) is 0 Å². The van der Waals surface area contributed by atoms with Crippen LogP contribution < -0.4 is 11.3 Å². The lowest BCUT2D eigenvalue weighted by Gasteiger charge is -1.95. The molecule has 0 aromatic carbocycles. The van der Waals surface area contributed by atoms with Crippen LogP contribution in [0.25, 0.3) is 10.7 Å². The molecule has 2 aromatic rings. The first-order valence-corrected chi connectivity index (χ1v) is 5.27. The van der Waals surface area contributed by atoms with Crippen LogP contribution in [0, 0.1) is 0 Å². The predicted molar refractivity (Wildman–Crippen MR) is 58.6 cm³/mol. The SMILES string of the molecule is CC(N)c1nnc(-c2cccc(=O)[nH]2)s1. The van der Waals surface area contributed by atoms with Crippen molar-refractivity contribution in [3.63, 3.8) is 0 Å². The van der Waals surface area contributed by atoms with Gasteiger partial charge in [0, 0.05) is 6.07 Å². The van der Waals surface area contributed by atoms with Gasteiger partial charge in [0.1, 0.15) is 5.01 Å². The van der Waals surface area contributed by atoms with Crippen LogP contribution in [-0.4, -0.2) is 15.2 Å². The molecule has 1 unspecified atom stereocenters. The first-order valence-electron chi connectivity index (χ1n) is 4.45. The minimum atomic E-state index is -0.148. The van der Waals surface area contributed by atoms with Crippen LogP contribution in [0.1, 0.15) is 18.0 Å². The standard InChI is InChI=1S/C9H10N4OS/c1-5(10)8-12-13-9(15-8)6-3-2-4-7(14)11-6/h2-5H,10H2,1H3,(H,11,14). The third-order valence-corrected chi connectivity index (χ3v) is 2.99. The van der Waals surface area contributed by atoms with Gasteiger partial charge < -0.3 is 10.7 Å². The number of nitrogens with two attached hydrogens (primary N) is 1. The second-order valence-corrected chi connectivity index (χ2v) is 4.17. The van der Waals surface area contributed by atoms with Crippen LogP contribution in [0.4, 0.5) is 0 Å². The summed E-state index contributed by atoms with van der Waals surface area (Å²) in [5.41, 5.74) is 6.20. The lowest BCUT2D eigenvalue weighted by molar-refractivity contribution is 0.786. The molecule has 0 aliphatic rings. The van der Waals surface area contributed by atoms with Gasteiger partial charge in [0.2, 0.25) is 5.56 Å². The van der Waals surface area contributed by atoms with E-state index in [9.17, 15) is 4.79 Å². The highest BCUT2D eigenvalue weighted by molar-refractivity contribution is 7.14. The van der Waals surface area contributed by atoms with Gasteiger partial charge in [0.15, 0.2) is 5.01 Å². The summed E-state index contributed by atoms with van der Waals surface area (Å²) >= 11 is 1.39. The van der Waals surface area contributed by atoms with Crippen LogP contribution in [0.15, 0.2) is 23.0 Å². The molecule has 2 aromatic heterocycles. The molecule has 0 spiro atoms. The van der Waals surface area contributed by atoms with E-state index in [0.717, 1.165) is 5.01 Å². The number of nitrogens with zero attached hydrogens (tertiary/aromatic N) is 2. The average molecular weight is 222 g/mol. The zero-order chi connectivity index (χ0) is 10.8. The summed E-state index contributed by atoms with van der Waals surface area (Å²) in [5, 5.41) is 9.35. The van der Waals surface area contributed by atoms with Gasteiger partial charge in [-0.25, -0.2) is 0 Å². The van der Waals surface area contributed by atoms with E-state index in [0.29, 0.717) is 10.7 Å². The van der Waals surface area contributed by atoms with E-state index < -0.39 is 0 Å². The molecule has 0 saturated heterocycles. The number of pyridine rings is 1. The van der Waals surface area contributed by atoms with Gasteiger partial charge in [-0.05, 0) is 13.0 Å². The molecule has 0 aliphatic heterocycles. The molecule has 6 heteroatoms. The van der Waals surface area contributed by atoms with Crippen LogP contribution >= 0.6 is 11.3 Å². The molecule has 5 nitrogen and oxygen atoms in total. The Morgan fingerprint density at radius 3 is 2.87 bits per heavy atom. The molecule has 0 radical (unpaired) electrons. The number of aromatic amines is 1. The van der Waals surface area contributed by atoms with E-state index in [4.69, 9.17) is 5.73 Å². The van der Waals surface area contributed by atoms with Gasteiger partial charge in [-0.3, -0.25) is 4.79 Å². The number of hydrogen-bond acceptors (Lipinski definition) is 5. The van der Waals surface area contributed by atoms with E-state index in [1.807, 2.05) is 6.92 Å². The number of H-pyrrole nitrogens is 1. The molecule has 78 valence electrons. The molecular weight excluding hydrogens is 212 g/mol. The lowest BCUT2D eigenvalue weighted by Crippen LogP contribution is -2.03. The summed E-state index contributed by atoms with van der Waals surface area (Å²) < 4.78 is 0. The maximum absolute atomic E-state index is 11.1.